The fourth-order valence-electron chi connectivity index (χ4n) is 1.61. The van der Waals surface area contributed by atoms with Crippen molar-refractivity contribution in [2.75, 3.05) is 33.2 Å². The number of nitrogens with zero attached hydrogens (tertiary/aromatic N) is 2. The molecule has 0 aliphatic rings. The molecule has 0 atom stereocenters. The van der Waals surface area contributed by atoms with Gasteiger partial charge in [0, 0.05) is 19.5 Å². The number of carboxylic acid groups (broad SMARTS) is 1. The maximum absolute atomic E-state index is 11.9. The molecule has 0 fully saturated rings. The van der Waals surface area contributed by atoms with Gasteiger partial charge in [-0.05, 0) is 33.9 Å². The number of carbonyl (C=O) groups is 2. The molecule has 0 aromatic carbocycles. The average Bonchev–Trinajstić information content (AvgIpc) is 2.24. The van der Waals surface area contributed by atoms with Gasteiger partial charge in [0.15, 0.2) is 0 Å². The number of aliphatic carboxylic acids is 1. The first-order chi connectivity index (χ1) is 8.36. The molecule has 0 saturated heterocycles. The third-order valence-corrected chi connectivity index (χ3v) is 2.53. The van der Waals surface area contributed by atoms with E-state index in [1.807, 2.05) is 25.8 Å². The summed E-state index contributed by atoms with van der Waals surface area (Å²) in [7, 11) is 1.83. The summed E-state index contributed by atoms with van der Waals surface area (Å²) in [6.07, 6.45) is 0.702. The van der Waals surface area contributed by atoms with E-state index in [0.717, 1.165) is 5.57 Å². The highest BCUT2D eigenvalue weighted by atomic mass is 16.4. The topological polar surface area (TPSA) is 60.9 Å². The Bertz CT molecular complexity index is 303. The van der Waals surface area contributed by atoms with Crippen LogP contribution in [-0.2, 0) is 9.59 Å². The van der Waals surface area contributed by atoms with Crippen LogP contribution in [0, 0.1) is 0 Å². The molecule has 0 spiro atoms. The lowest BCUT2D eigenvalue weighted by atomic mass is 10.3. The Morgan fingerprint density at radius 1 is 1.28 bits per heavy atom. The largest absolute Gasteiger partial charge is 0.481 e. The summed E-state index contributed by atoms with van der Waals surface area (Å²) in [5.41, 5.74) is 0.957. The molecular formula is C13H24N2O3. The van der Waals surface area contributed by atoms with Gasteiger partial charge in [-0.3, -0.25) is 14.5 Å². The molecule has 0 rings (SSSR count). The van der Waals surface area contributed by atoms with Crippen molar-refractivity contribution in [3.8, 4) is 0 Å². The Balaban J connectivity index is 4.03. The van der Waals surface area contributed by atoms with E-state index >= 15 is 0 Å². The SMILES string of the molecule is C=C(C)CN(CC)C(=O)CN(C)CCCC(=O)O. The summed E-state index contributed by atoms with van der Waals surface area (Å²) < 4.78 is 0. The summed E-state index contributed by atoms with van der Waals surface area (Å²) in [4.78, 5) is 25.9. The van der Waals surface area contributed by atoms with E-state index in [9.17, 15) is 9.59 Å². The molecule has 0 unspecified atom stereocenters. The maximum Gasteiger partial charge on any atom is 0.303 e. The van der Waals surface area contributed by atoms with Gasteiger partial charge in [0.05, 0.1) is 6.54 Å². The van der Waals surface area contributed by atoms with Crippen LogP contribution in [0.5, 0.6) is 0 Å². The normalized spacial score (nSPS) is 10.4. The summed E-state index contributed by atoms with van der Waals surface area (Å²) in [5.74, 6) is -0.745. The summed E-state index contributed by atoms with van der Waals surface area (Å²) in [6, 6.07) is 0. The number of rotatable bonds is 9. The van der Waals surface area contributed by atoms with Crippen molar-refractivity contribution in [2.45, 2.75) is 26.7 Å². The van der Waals surface area contributed by atoms with Crippen LogP contribution in [0.3, 0.4) is 0 Å². The highest BCUT2D eigenvalue weighted by Gasteiger charge is 2.13. The van der Waals surface area contributed by atoms with Gasteiger partial charge in [0.2, 0.25) is 5.91 Å². The van der Waals surface area contributed by atoms with Gasteiger partial charge < -0.3 is 10.0 Å². The average molecular weight is 256 g/mol. The Labute approximate surface area is 109 Å². The van der Waals surface area contributed by atoms with Crippen LogP contribution in [0.2, 0.25) is 0 Å². The zero-order valence-corrected chi connectivity index (χ0v) is 11.6. The second kappa shape index (κ2) is 8.69. The molecule has 0 aliphatic carbocycles. The molecule has 5 nitrogen and oxygen atoms in total. The summed E-state index contributed by atoms with van der Waals surface area (Å²) >= 11 is 0. The lowest BCUT2D eigenvalue weighted by Gasteiger charge is -2.24. The minimum absolute atomic E-state index is 0.0540. The first-order valence-electron chi connectivity index (χ1n) is 6.19. The van der Waals surface area contributed by atoms with Gasteiger partial charge in [-0.15, -0.1) is 0 Å². The molecule has 5 heteroatoms. The molecule has 0 aromatic rings. The number of hydrogen-bond donors (Lipinski definition) is 1. The van der Waals surface area contributed by atoms with E-state index in [1.165, 1.54) is 0 Å². The monoisotopic (exact) mass is 256 g/mol. The van der Waals surface area contributed by atoms with E-state index in [-0.39, 0.29) is 12.3 Å². The number of likely N-dealkylation sites (N-methyl/N-ethyl adjacent to an activating group) is 2. The highest BCUT2D eigenvalue weighted by molar-refractivity contribution is 5.78. The lowest BCUT2D eigenvalue weighted by Crippen LogP contribution is -2.40. The van der Waals surface area contributed by atoms with E-state index in [1.54, 1.807) is 4.90 Å². The minimum Gasteiger partial charge on any atom is -0.481 e. The molecule has 18 heavy (non-hydrogen) atoms. The zero-order chi connectivity index (χ0) is 14.1. The van der Waals surface area contributed by atoms with Crippen molar-refractivity contribution in [1.82, 2.24) is 9.80 Å². The molecule has 104 valence electrons. The van der Waals surface area contributed by atoms with Crippen LogP contribution >= 0.6 is 0 Å². The third kappa shape index (κ3) is 7.84. The van der Waals surface area contributed by atoms with Crippen molar-refractivity contribution in [1.29, 1.82) is 0 Å². The highest BCUT2D eigenvalue weighted by Crippen LogP contribution is 1.99. The van der Waals surface area contributed by atoms with Crippen LogP contribution < -0.4 is 0 Å². The molecule has 0 aliphatic heterocycles. The van der Waals surface area contributed by atoms with Crippen molar-refractivity contribution >= 4 is 11.9 Å². The molecule has 1 amide bonds. The Morgan fingerprint density at radius 3 is 2.33 bits per heavy atom. The molecular weight excluding hydrogens is 232 g/mol. The van der Waals surface area contributed by atoms with Gasteiger partial charge in [0.25, 0.3) is 0 Å². The third-order valence-electron chi connectivity index (χ3n) is 2.53. The maximum atomic E-state index is 11.9. The predicted octanol–water partition coefficient (Wildman–Crippen LogP) is 1.21. The fraction of sp³-hybridized carbons (Fsp3) is 0.692. The first kappa shape index (κ1) is 16.6. The van der Waals surface area contributed by atoms with Crippen LogP contribution in [0.25, 0.3) is 0 Å². The van der Waals surface area contributed by atoms with E-state index in [2.05, 4.69) is 6.58 Å². The Kier molecular flexibility index (Phi) is 8.03. The molecule has 1 N–H and O–H groups in total. The van der Waals surface area contributed by atoms with Crippen LogP contribution in [0.15, 0.2) is 12.2 Å². The van der Waals surface area contributed by atoms with Crippen LogP contribution in [0.1, 0.15) is 26.7 Å². The van der Waals surface area contributed by atoms with E-state index in [0.29, 0.717) is 32.6 Å². The van der Waals surface area contributed by atoms with Crippen molar-refractivity contribution in [2.24, 2.45) is 0 Å². The fourth-order valence-corrected chi connectivity index (χ4v) is 1.61. The Hall–Kier alpha value is -1.36. The number of hydrogen-bond acceptors (Lipinski definition) is 3. The molecule has 0 bridgehead atoms. The van der Waals surface area contributed by atoms with Crippen molar-refractivity contribution < 1.29 is 14.7 Å². The zero-order valence-electron chi connectivity index (χ0n) is 11.6. The summed E-state index contributed by atoms with van der Waals surface area (Å²) in [5, 5.41) is 8.53. The molecule has 0 radical (unpaired) electrons. The van der Waals surface area contributed by atoms with Gasteiger partial charge in [-0.1, -0.05) is 12.2 Å². The van der Waals surface area contributed by atoms with Gasteiger partial charge in [-0.25, -0.2) is 0 Å². The summed E-state index contributed by atoms with van der Waals surface area (Å²) in [6.45, 7) is 9.81. The number of carboxylic acids is 1. The number of amides is 1. The van der Waals surface area contributed by atoms with Gasteiger partial charge in [0.1, 0.15) is 0 Å². The van der Waals surface area contributed by atoms with Crippen LogP contribution in [-0.4, -0.2) is 60.0 Å². The number of carbonyl (C=O) groups excluding carboxylic acids is 1. The molecule has 0 saturated carbocycles. The molecule has 0 aromatic heterocycles. The Morgan fingerprint density at radius 2 is 1.89 bits per heavy atom. The lowest BCUT2D eigenvalue weighted by molar-refractivity contribution is -0.137. The standard InChI is InChI=1S/C13H24N2O3/c1-5-15(9-11(2)3)12(16)10-14(4)8-6-7-13(17)18/h2,5-10H2,1,3-4H3,(H,17,18). The minimum atomic E-state index is -0.799. The van der Waals surface area contributed by atoms with E-state index in [4.69, 9.17) is 5.11 Å². The van der Waals surface area contributed by atoms with Gasteiger partial charge >= 0.3 is 5.97 Å². The smallest absolute Gasteiger partial charge is 0.303 e. The van der Waals surface area contributed by atoms with E-state index < -0.39 is 5.97 Å². The second-order valence-electron chi connectivity index (χ2n) is 4.60. The van der Waals surface area contributed by atoms with Crippen molar-refractivity contribution in [3.05, 3.63) is 12.2 Å². The molecule has 0 heterocycles. The quantitative estimate of drug-likeness (QED) is 0.630. The first-order valence-corrected chi connectivity index (χ1v) is 6.19. The van der Waals surface area contributed by atoms with Gasteiger partial charge in [-0.2, -0.15) is 0 Å². The van der Waals surface area contributed by atoms with Crippen molar-refractivity contribution in [3.63, 3.8) is 0 Å². The second-order valence-corrected chi connectivity index (χ2v) is 4.60. The predicted molar refractivity (Wildman–Crippen MR) is 71.4 cm³/mol. The van der Waals surface area contributed by atoms with Crippen LogP contribution in [0.4, 0.5) is 0 Å².